The molecule has 3 rings (SSSR count). The normalized spacial score (nSPS) is 12.6. The number of anilines is 1. The quantitative estimate of drug-likeness (QED) is 0.144. The number of carbonyl (C=O) groups is 1. The third kappa shape index (κ3) is 9.05. The van der Waals surface area contributed by atoms with E-state index in [1.807, 2.05) is 54.8 Å². The van der Waals surface area contributed by atoms with E-state index in [0.29, 0.717) is 39.1 Å². The average Bonchev–Trinajstić information content (AvgIpc) is 3.35. The number of ether oxygens (including phenoxy) is 2. The first-order valence-corrected chi connectivity index (χ1v) is 22.7. The number of nitrogens with zero attached hydrogens (tertiary/aromatic N) is 1. The number of benzene rings is 2. The van der Waals surface area contributed by atoms with Gasteiger partial charge in [-0.2, -0.15) is 0 Å². The molecule has 13 heteroatoms. The Balaban J connectivity index is 2.08. The van der Waals surface area contributed by atoms with Crippen LogP contribution in [0.15, 0.2) is 47.8 Å². The fraction of sp³-hybridized carbons (Fsp3) is 0.469. The van der Waals surface area contributed by atoms with Crippen LogP contribution in [0.25, 0.3) is 11.1 Å². The maximum atomic E-state index is 12.2. The summed E-state index contributed by atoms with van der Waals surface area (Å²) in [6, 6.07) is 13.3. The summed E-state index contributed by atoms with van der Waals surface area (Å²) < 4.78 is 50.6. The minimum Gasteiger partial charge on any atom is -0.541 e. The van der Waals surface area contributed by atoms with E-state index >= 15 is 0 Å². The number of hydrogen-bond donors (Lipinski definition) is 2. The zero-order valence-corrected chi connectivity index (χ0v) is 32.0. The topological polar surface area (TPSA) is 117 Å². The van der Waals surface area contributed by atoms with Gasteiger partial charge in [-0.25, -0.2) is 13.2 Å². The second-order valence-electron chi connectivity index (χ2n) is 14.1. The van der Waals surface area contributed by atoms with Gasteiger partial charge in [-0.15, -0.1) is 11.3 Å². The van der Waals surface area contributed by atoms with Crippen molar-refractivity contribution in [2.45, 2.75) is 84.7 Å². The molecule has 0 aliphatic carbocycles. The molecule has 2 N–H and O–H groups in total. The van der Waals surface area contributed by atoms with E-state index in [0.717, 1.165) is 5.56 Å². The molecule has 1 aromatic heterocycles. The van der Waals surface area contributed by atoms with Crippen molar-refractivity contribution in [3.05, 3.63) is 53.4 Å². The third-order valence-electron chi connectivity index (χ3n) is 8.54. The minimum absolute atomic E-state index is 0.000497. The van der Waals surface area contributed by atoms with Crippen LogP contribution in [-0.4, -0.2) is 44.3 Å². The highest BCUT2D eigenvalue weighted by Crippen LogP contribution is 2.47. The Kier molecular flexibility index (Phi) is 11.2. The molecule has 1 heterocycles. The van der Waals surface area contributed by atoms with Gasteiger partial charge in [0.15, 0.2) is 0 Å². The smallest absolute Gasteiger partial charge is 0.404 e. The Morgan fingerprint density at radius 2 is 1.44 bits per heavy atom. The van der Waals surface area contributed by atoms with Gasteiger partial charge in [0, 0.05) is 17.2 Å². The molecule has 0 atom stereocenters. The van der Waals surface area contributed by atoms with Gasteiger partial charge in [0.1, 0.15) is 34.6 Å². The van der Waals surface area contributed by atoms with Crippen molar-refractivity contribution in [1.82, 2.24) is 0 Å². The average molecular weight is 693 g/mol. The predicted molar refractivity (Wildman–Crippen MR) is 190 cm³/mol. The number of thiol groups is 1. The zero-order valence-electron chi connectivity index (χ0n) is 28.3. The van der Waals surface area contributed by atoms with Crippen LogP contribution >= 0.6 is 11.3 Å². The molecule has 0 unspecified atom stereocenters. The molecule has 0 saturated heterocycles. The molecule has 45 heavy (non-hydrogen) atoms. The summed E-state index contributed by atoms with van der Waals surface area (Å²) in [5.74, 6) is 2.48. The summed E-state index contributed by atoms with van der Waals surface area (Å²) in [6.07, 6.45) is -0.964. The second-order valence-corrected chi connectivity index (χ2v) is 25.4. The lowest BCUT2D eigenvalue weighted by atomic mass is 10.0. The second kappa shape index (κ2) is 13.8. The van der Waals surface area contributed by atoms with Crippen molar-refractivity contribution in [3.8, 4) is 34.1 Å². The van der Waals surface area contributed by atoms with Crippen molar-refractivity contribution in [2.24, 2.45) is 5.73 Å². The molecule has 9 nitrogen and oxygen atoms in total. The van der Waals surface area contributed by atoms with Crippen LogP contribution in [0.4, 0.5) is 9.80 Å². The summed E-state index contributed by atoms with van der Waals surface area (Å²) in [6.45, 7) is 23.8. The van der Waals surface area contributed by atoms with Crippen LogP contribution in [0.5, 0.6) is 23.0 Å². The highest BCUT2D eigenvalue weighted by molar-refractivity contribution is 7.74. The summed E-state index contributed by atoms with van der Waals surface area (Å²) in [5.41, 5.74) is 7.42. The molecular weight excluding hydrogens is 645 g/mol. The summed E-state index contributed by atoms with van der Waals surface area (Å²) in [5, 5.41) is 2.26. The number of rotatable bonds is 12. The van der Waals surface area contributed by atoms with Gasteiger partial charge in [-0.3, -0.25) is 4.31 Å². The van der Waals surface area contributed by atoms with Crippen LogP contribution in [0.2, 0.25) is 36.3 Å². The first-order chi connectivity index (χ1) is 20.6. The van der Waals surface area contributed by atoms with Gasteiger partial charge in [0.2, 0.25) is 10.9 Å². The SMILES string of the molecule is Cc1ccc(-c2ccsc2N(CCOC(N)=O)[SH](=O)=O)c(Oc2ccc(O[Si](C)(C)C(C)(C)C)c(O[Si](C)(C)C(C)(C)C)c2)c1. The molecule has 0 fully saturated rings. The highest BCUT2D eigenvalue weighted by atomic mass is 32.2. The summed E-state index contributed by atoms with van der Waals surface area (Å²) >= 11 is 1.27. The van der Waals surface area contributed by atoms with Crippen LogP contribution < -0.4 is 23.6 Å². The summed E-state index contributed by atoms with van der Waals surface area (Å²) in [4.78, 5) is 11.1. The number of aryl methyl sites for hydroxylation is 1. The first kappa shape index (κ1) is 36.5. The van der Waals surface area contributed by atoms with E-state index in [1.165, 1.54) is 15.6 Å². The molecule has 248 valence electrons. The van der Waals surface area contributed by atoms with Gasteiger partial charge >= 0.3 is 6.09 Å². The molecule has 0 bridgehead atoms. The van der Waals surface area contributed by atoms with Crippen LogP contribution in [0, 0.1) is 6.92 Å². The van der Waals surface area contributed by atoms with E-state index in [-0.39, 0.29) is 23.2 Å². The standard InChI is InChI=1S/C32H48N2O7S2Si2/c1-22-12-14-24(25-16-19-42-29(25)34(43(36)37)17-18-38-30(33)35)27(20-22)39-23-13-15-26(40-44(8,9)31(2,3)4)28(21-23)41-45(10,11)32(5,6)7/h12-16,19-21,43H,17-18H2,1-11H3,(H2,33,35). The maximum absolute atomic E-state index is 12.2. The molecule has 2 aromatic carbocycles. The molecule has 1 amide bonds. The van der Waals surface area contributed by atoms with Crippen molar-refractivity contribution < 1.29 is 31.5 Å². The predicted octanol–water partition coefficient (Wildman–Crippen LogP) is 8.71. The summed E-state index contributed by atoms with van der Waals surface area (Å²) in [7, 11) is -7.44. The molecule has 0 radical (unpaired) electrons. The molecule has 3 aromatic rings. The maximum Gasteiger partial charge on any atom is 0.404 e. The Hall–Kier alpha value is -3.01. The third-order valence-corrected chi connectivity index (χ3v) is 19.1. The van der Waals surface area contributed by atoms with Crippen molar-refractivity contribution in [1.29, 1.82) is 0 Å². The number of nitrogens with two attached hydrogens (primary N) is 1. The monoisotopic (exact) mass is 692 g/mol. The number of hydrogen-bond acceptors (Lipinski definition) is 8. The van der Waals surface area contributed by atoms with E-state index < -0.39 is 33.6 Å². The van der Waals surface area contributed by atoms with Gasteiger partial charge in [0.25, 0.3) is 16.6 Å². The fourth-order valence-electron chi connectivity index (χ4n) is 3.83. The van der Waals surface area contributed by atoms with Gasteiger partial charge in [-0.05, 0) is 78.4 Å². The number of amides is 1. The molecule has 0 spiro atoms. The van der Waals surface area contributed by atoms with Crippen molar-refractivity contribution in [2.75, 3.05) is 17.5 Å². The zero-order chi connectivity index (χ0) is 34.0. The van der Waals surface area contributed by atoms with Crippen molar-refractivity contribution >= 4 is 50.0 Å². The van der Waals surface area contributed by atoms with E-state index in [2.05, 4.69) is 67.7 Å². The van der Waals surface area contributed by atoms with Crippen molar-refractivity contribution in [3.63, 3.8) is 0 Å². The lowest BCUT2D eigenvalue weighted by molar-refractivity contribution is 0.160. The Labute approximate surface area is 276 Å². The Bertz CT molecular complexity index is 1580. The molecule has 0 saturated carbocycles. The molecular formula is C32H48N2O7S2Si2. The molecule has 0 aliphatic heterocycles. The number of thiophene rings is 1. The minimum atomic E-state index is -3.02. The van der Waals surface area contributed by atoms with E-state index in [9.17, 15) is 13.2 Å². The first-order valence-electron chi connectivity index (χ1n) is 14.9. The van der Waals surface area contributed by atoms with Crippen LogP contribution in [0.3, 0.4) is 0 Å². The fourth-order valence-corrected chi connectivity index (χ4v) is 7.57. The van der Waals surface area contributed by atoms with Crippen LogP contribution in [-0.2, 0) is 15.6 Å². The van der Waals surface area contributed by atoms with Gasteiger partial charge in [0.05, 0.1) is 6.54 Å². The number of primary amides is 1. The lowest BCUT2D eigenvalue weighted by Crippen LogP contribution is -2.45. The Morgan fingerprint density at radius 3 is 2.00 bits per heavy atom. The Morgan fingerprint density at radius 1 is 0.844 bits per heavy atom. The lowest BCUT2D eigenvalue weighted by Gasteiger charge is -2.39. The van der Waals surface area contributed by atoms with Crippen LogP contribution in [0.1, 0.15) is 47.1 Å². The number of carbonyl (C=O) groups excluding carboxylic acids is 1. The van der Waals surface area contributed by atoms with Gasteiger partial charge < -0.3 is 24.1 Å². The highest BCUT2D eigenvalue weighted by Gasteiger charge is 2.42. The van der Waals surface area contributed by atoms with Gasteiger partial charge in [-0.1, -0.05) is 53.7 Å². The van der Waals surface area contributed by atoms with E-state index in [4.69, 9.17) is 24.1 Å². The largest absolute Gasteiger partial charge is 0.541 e. The van der Waals surface area contributed by atoms with E-state index in [1.54, 1.807) is 0 Å². The molecule has 0 aliphatic rings.